The van der Waals surface area contributed by atoms with E-state index in [1.165, 1.54) is 0 Å². The summed E-state index contributed by atoms with van der Waals surface area (Å²) in [6, 6.07) is 0.232. The Morgan fingerprint density at radius 3 is 2.68 bits per heavy atom. The average Bonchev–Trinajstić information content (AvgIpc) is 2.85. The Morgan fingerprint density at radius 1 is 1.32 bits per heavy atom. The van der Waals surface area contributed by atoms with E-state index >= 15 is 0 Å². The molecular weight excluding hydrogens is 246 g/mol. The van der Waals surface area contributed by atoms with Gasteiger partial charge >= 0.3 is 0 Å². The number of aromatic nitrogens is 4. The first-order chi connectivity index (χ1) is 9.24. The van der Waals surface area contributed by atoms with Crippen molar-refractivity contribution in [2.75, 3.05) is 40.0 Å². The molecule has 0 amide bonds. The topological polar surface area (TPSA) is 65.3 Å². The van der Waals surface area contributed by atoms with Crippen LogP contribution in [0.3, 0.4) is 0 Å². The second-order valence-corrected chi connectivity index (χ2v) is 5.09. The number of tetrazole rings is 1. The fraction of sp³-hybridized carbons (Fsp3) is 0.917. The zero-order chi connectivity index (χ0) is 13.7. The number of hydrogen-bond acceptors (Lipinski definition) is 6. The molecule has 2 rings (SSSR count). The van der Waals surface area contributed by atoms with E-state index in [1.807, 2.05) is 4.68 Å². The number of rotatable bonds is 6. The third-order valence-corrected chi connectivity index (χ3v) is 3.40. The van der Waals surface area contributed by atoms with Gasteiger partial charge in [-0.05, 0) is 16.3 Å². The summed E-state index contributed by atoms with van der Waals surface area (Å²) in [7, 11) is 1.69. The quantitative estimate of drug-likeness (QED) is 0.742. The molecule has 1 atom stereocenters. The van der Waals surface area contributed by atoms with E-state index in [2.05, 4.69) is 34.3 Å². The van der Waals surface area contributed by atoms with Gasteiger partial charge in [-0.2, -0.15) is 0 Å². The molecule has 1 fully saturated rings. The van der Waals surface area contributed by atoms with Gasteiger partial charge in [0.1, 0.15) is 0 Å². The molecule has 1 aliphatic rings. The molecule has 1 aromatic rings. The van der Waals surface area contributed by atoms with Crippen molar-refractivity contribution in [3.8, 4) is 0 Å². The Hall–Kier alpha value is -1.05. The second kappa shape index (κ2) is 6.93. The van der Waals surface area contributed by atoms with Gasteiger partial charge in [0.15, 0.2) is 5.82 Å². The van der Waals surface area contributed by atoms with Crippen LogP contribution >= 0.6 is 0 Å². The van der Waals surface area contributed by atoms with Crippen LogP contribution in [0.5, 0.6) is 0 Å². The van der Waals surface area contributed by atoms with Crippen molar-refractivity contribution >= 4 is 0 Å². The Kier molecular flexibility index (Phi) is 5.24. The second-order valence-electron chi connectivity index (χ2n) is 5.09. The highest BCUT2D eigenvalue weighted by atomic mass is 16.5. The van der Waals surface area contributed by atoms with E-state index in [-0.39, 0.29) is 6.04 Å². The smallest absolute Gasteiger partial charge is 0.168 e. The molecule has 19 heavy (non-hydrogen) atoms. The Balaban J connectivity index is 2.16. The van der Waals surface area contributed by atoms with Gasteiger partial charge in [0.2, 0.25) is 0 Å². The summed E-state index contributed by atoms with van der Waals surface area (Å²) in [5, 5.41) is 12.1. The zero-order valence-corrected chi connectivity index (χ0v) is 11.9. The first kappa shape index (κ1) is 14.4. The van der Waals surface area contributed by atoms with E-state index in [4.69, 9.17) is 9.47 Å². The number of methoxy groups -OCH3 is 1. The maximum absolute atomic E-state index is 5.42. The van der Waals surface area contributed by atoms with Crippen LogP contribution in [0.25, 0.3) is 0 Å². The molecule has 0 radical (unpaired) electrons. The largest absolute Gasteiger partial charge is 0.383 e. The standard InChI is InChI=1S/C12H23N5O2/c1-10(2)11(16-4-8-19-9-5-16)12-13-14-15-17(12)6-7-18-3/h10-11H,4-9H2,1-3H3. The van der Waals surface area contributed by atoms with Crippen LogP contribution in [0.4, 0.5) is 0 Å². The molecule has 7 heteroatoms. The van der Waals surface area contributed by atoms with Crippen molar-refractivity contribution in [2.45, 2.75) is 26.4 Å². The normalized spacial score (nSPS) is 18.9. The van der Waals surface area contributed by atoms with Crippen LogP contribution in [-0.4, -0.2) is 65.1 Å². The lowest BCUT2D eigenvalue weighted by atomic mass is 10.0. The molecule has 1 aromatic heterocycles. The number of nitrogens with zero attached hydrogens (tertiary/aromatic N) is 5. The maximum atomic E-state index is 5.42. The predicted octanol–water partition coefficient (Wildman–Crippen LogP) is 0.349. The van der Waals surface area contributed by atoms with E-state index in [9.17, 15) is 0 Å². The highest BCUT2D eigenvalue weighted by Crippen LogP contribution is 2.27. The average molecular weight is 269 g/mol. The van der Waals surface area contributed by atoms with Crippen LogP contribution in [0.15, 0.2) is 0 Å². The lowest BCUT2D eigenvalue weighted by Gasteiger charge is -2.35. The number of hydrogen-bond donors (Lipinski definition) is 0. The molecule has 2 heterocycles. The fourth-order valence-corrected chi connectivity index (χ4v) is 2.50. The predicted molar refractivity (Wildman–Crippen MR) is 69.7 cm³/mol. The van der Waals surface area contributed by atoms with Crippen LogP contribution in [0.2, 0.25) is 0 Å². The van der Waals surface area contributed by atoms with Gasteiger partial charge in [-0.15, -0.1) is 5.10 Å². The summed E-state index contributed by atoms with van der Waals surface area (Å²) in [5.74, 6) is 1.37. The van der Waals surface area contributed by atoms with E-state index < -0.39 is 0 Å². The first-order valence-corrected chi connectivity index (χ1v) is 6.81. The molecule has 1 aliphatic heterocycles. The zero-order valence-electron chi connectivity index (χ0n) is 11.9. The molecule has 0 bridgehead atoms. The minimum absolute atomic E-state index is 0.232. The van der Waals surface area contributed by atoms with Crippen molar-refractivity contribution < 1.29 is 9.47 Å². The highest BCUT2D eigenvalue weighted by Gasteiger charge is 2.29. The van der Waals surface area contributed by atoms with Gasteiger partial charge in [0, 0.05) is 20.2 Å². The highest BCUT2D eigenvalue weighted by molar-refractivity contribution is 4.96. The summed E-state index contributed by atoms with van der Waals surface area (Å²) in [6.07, 6.45) is 0. The molecule has 0 saturated carbocycles. The van der Waals surface area contributed by atoms with E-state index in [0.29, 0.717) is 19.1 Å². The van der Waals surface area contributed by atoms with Crippen molar-refractivity contribution in [3.63, 3.8) is 0 Å². The van der Waals surface area contributed by atoms with E-state index in [1.54, 1.807) is 7.11 Å². The maximum Gasteiger partial charge on any atom is 0.168 e. The van der Waals surface area contributed by atoms with Crippen molar-refractivity contribution in [1.82, 2.24) is 25.1 Å². The van der Waals surface area contributed by atoms with Crippen molar-refractivity contribution in [3.05, 3.63) is 5.82 Å². The Labute approximate surface area is 113 Å². The lowest BCUT2D eigenvalue weighted by Crippen LogP contribution is -2.42. The monoisotopic (exact) mass is 269 g/mol. The minimum atomic E-state index is 0.232. The van der Waals surface area contributed by atoms with Crippen molar-refractivity contribution in [2.24, 2.45) is 5.92 Å². The van der Waals surface area contributed by atoms with Gasteiger partial charge < -0.3 is 9.47 Å². The molecule has 0 aromatic carbocycles. The lowest BCUT2D eigenvalue weighted by molar-refractivity contribution is 0.00196. The minimum Gasteiger partial charge on any atom is -0.383 e. The van der Waals surface area contributed by atoms with Crippen LogP contribution < -0.4 is 0 Å². The summed E-state index contributed by atoms with van der Waals surface area (Å²) in [5.41, 5.74) is 0. The Bertz CT molecular complexity index is 376. The molecule has 0 aliphatic carbocycles. The molecule has 0 N–H and O–H groups in total. The number of morpholine rings is 1. The van der Waals surface area contributed by atoms with Gasteiger partial charge in [-0.25, -0.2) is 4.68 Å². The molecule has 1 unspecified atom stereocenters. The molecule has 108 valence electrons. The third kappa shape index (κ3) is 3.49. The van der Waals surface area contributed by atoms with Gasteiger partial charge in [0.05, 0.1) is 32.4 Å². The molecular formula is C12H23N5O2. The van der Waals surface area contributed by atoms with Crippen LogP contribution in [0.1, 0.15) is 25.7 Å². The molecule has 7 nitrogen and oxygen atoms in total. The van der Waals surface area contributed by atoms with Gasteiger partial charge in [0.25, 0.3) is 0 Å². The van der Waals surface area contributed by atoms with Gasteiger partial charge in [-0.1, -0.05) is 13.8 Å². The Morgan fingerprint density at radius 2 is 2.05 bits per heavy atom. The third-order valence-electron chi connectivity index (χ3n) is 3.40. The van der Waals surface area contributed by atoms with Crippen LogP contribution in [-0.2, 0) is 16.0 Å². The fourth-order valence-electron chi connectivity index (χ4n) is 2.50. The first-order valence-electron chi connectivity index (χ1n) is 6.81. The van der Waals surface area contributed by atoms with Gasteiger partial charge in [-0.3, -0.25) is 4.90 Å². The summed E-state index contributed by atoms with van der Waals surface area (Å²) in [4.78, 5) is 2.41. The molecule has 1 saturated heterocycles. The summed E-state index contributed by atoms with van der Waals surface area (Å²) < 4.78 is 12.4. The summed E-state index contributed by atoms with van der Waals surface area (Å²) in [6.45, 7) is 9.13. The SMILES string of the molecule is COCCn1nnnc1C(C(C)C)N1CCOCC1. The summed E-state index contributed by atoms with van der Waals surface area (Å²) >= 11 is 0. The number of ether oxygens (including phenoxy) is 2. The van der Waals surface area contributed by atoms with Crippen molar-refractivity contribution in [1.29, 1.82) is 0 Å². The van der Waals surface area contributed by atoms with E-state index in [0.717, 1.165) is 32.1 Å². The molecule has 0 spiro atoms. The van der Waals surface area contributed by atoms with Crippen LogP contribution in [0, 0.1) is 5.92 Å².